The van der Waals surface area contributed by atoms with Gasteiger partial charge in [-0.3, -0.25) is 4.79 Å². The van der Waals surface area contributed by atoms with Crippen LogP contribution in [0.4, 0.5) is 18.9 Å². The zero-order valence-corrected chi connectivity index (χ0v) is 14.2. The van der Waals surface area contributed by atoms with Crippen LogP contribution in [0.25, 0.3) is 6.08 Å². The monoisotopic (exact) mass is 367 g/mol. The fourth-order valence-electron chi connectivity index (χ4n) is 2.17. The molecular formula is C18H16F3NO4. The van der Waals surface area contributed by atoms with E-state index in [1.807, 2.05) is 0 Å². The predicted molar refractivity (Wildman–Crippen MR) is 90.1 cm³/mol. The molecule has 0 aliphatic carbocycles. The first-order valence-electron chi connectivity index (χ1n) is 7.33. The Labute approximate surface area is 148 Å². The lowest BCUT2D eigenvalue weighted by molar-refractivity contribution is -0.111. The van der Waals surface area contributed by atoms with Crippen molar-refractivity contribution in [1.29, 1.82) is 0 Å². The summed E-state index contributed by atoms with van der Waals surface area (Å²) in [5, 5.41) is 2.13. The van der Waals surface area contributed by atoms with E-state index in [1.165, 1.54) is 27.4 Å². The van der Waals surface area contributed by atoms with Crippen molar-refractivity contribution in [3.63, 3.8) is 0 Å². The van der Waals surface area contributed by atoms with Gasteiger partial charge in [0.15, 0.2) is 29.0 Å². The predicted octanol–water partition coefficient (Wildman–Crippen LogP) is 3.78. The maximum absolute atomic E-state index is 13.6. The van der Waals surface area contributed by atoms with Crippen LogP contribution in [-0.4, -0.2) is 27.2 Å². The first kappa shape index (κ1) is 19.2. The smallest absolute Gasteiger partial charge is 0.248 e. The van der Waals surface area contributed by atoms with Gasteiger partial charge in [-0.25, -0.2) is 13.2 Å². The number of halogens is 3. The van der Waals surface area contributed by atoms with Crippen molar-refractivity contribution >= 4 is 17.7 Å². The zero-order valence-electron chi connectivity index (χ0n) is 14.2. The Bertz CT molecular complexity index is 828. The highest BCUT2D eigenvalue weighted by Gasteiger charge is 2.15. The average molecular weight is 367 g/mol. The molecule has 0 fully saturated rings. The van der Waals surface area contributed by atoms with Gasteiger partial charge in [-0.1, -0.05) is 0 Å². The molecule has 1 N–H and O–H groups in total. The van der Waals surface area contributed by atoms with Crippen molar-refractivity contribution in [3.05, 3.63) is 53.4 Å². The molecule has 0 spiro atoms. The number of ether oxygens (including phenoxy) is 3. The minimum Gasteiger partial charge on any atom is -0.493 e. The number of rotatable bonds is 6. The quantitative estimate of drug-likeness (QED) is 0.624. The van der Waals surface area contributed by atoms with Crippen molar-refractivity contribution in [3.8, 4) is 17.2 Å². The van der Waals surface area contributed by atoms with Crippen molar-refractivity contribution in [2.45, 2.75) is 0 Å². The van der Waals surface area contributed by atoms with Crippen molar-refractivity contribution < 1.29 is 32.2 Å². The molecule has 0 aliphatic heterocycles. The summed E-state index contributed by atoms with van der Waals surface area (Å²) in [6.07, 6.45) is 2.51. The summed E-state index contributed by atoms with van der Waals surface area (Å²) in [6, 6.07) is 4.85. The summed E-state index contributed by atoms with van der Waals surface area (Å²) >= 11 is 0. The second-order valence-electron chi connectivity index (χ2n) is 5.00. The largest absolute Gasteiger partial charge is 0.493 e. The normalized spacial score (nSPS) is 10.7. The Hall–Kier alpha value is -3.16. The number of hydrogen-bond acceptors (Lipinski definition) is 4. The van der Waals surface area contributed by atoms with E-state index >= 15 is 0 Å². The maximum Gasteiger partial charge on any atom is 0.248 e. The minimum absolute atomic E-state index is 0.388. The van der Waals surface area contributed by atoms with Crippen molar-refractivity contribution in [2.75, 3.05) is 26.6 Å². The molecule has 0 aromatic heterocycles. The Balaban J connectivity index is 2.22. The third kappa shape index (κ3) is 4.08. The van der Waals surface area contributed by atoms with Crippen LogP contribution in [-0.2, 0) is 4.79 Å². The molecule has 0 saturated heterocycles. The molecule has 2 rings (SSSR count). The summed E-state index contributed by atoms with van der Waals surface area (Å²) in [6.45, 7) is 0. The highest BCUT2D eigenvalue weighted by Crippen LogP contribution is 2.38. The molecule has 0 unspecified atom stereocenters. The molecule has 5 nitrogen and oxygen atoms in total. The second-order valence-corrected chi connectivity index (χ2v) is 5.00. The van der Waals surface area contributed by atoms with Crippen LogP contribution < -0.4 is 19.5 Å². The van der Waals surface area contributed by atoms with E-state index in [0.29, 0.717) is 22.8 Å². The lowest BCUT2D eigenvalue weighted by Gasteiger charge is -2.12. The Kier molecular flexibility index (Phi) is 6.11. The number of benzene rings is 2. The van der Waals surface area contributed by atoms with E-state index in [1.54, 1.807) is 12.1 Å². The molecule has 0 bridgehead atoms. The van der Waals surface area contributed by atoms with Crippen LogP contribution in [0.15, 0.2) is 30.3 Å². The van der Waals surface area contributed by atoms with Crippen LogP contribution >= 0.6 is 0 Å². The van der Waals surface area contributed by atoms with Crippen LogP contribution in [0.2, 0.25) is 0 Å². The lowest BCUT2D eigenvalue weighted by Crippen LogP contribution is -2.10. The fourth-order valence-corrected chi connectivity index (χ4v) is 2.17. The molecule has 8 heteroatoms. The minimum atomic E-state index is -1.66. The highest BCUT2D eigenvalue weighted by atomic mass is 19.2. The number of anilines is 1. The Morgan fingerprint density at radius 2 is 1.58 bits per heavy atom. The molecule has 0 saturated carbocycles. The van der Waals surface area contributed by atoms with E-state index in [4.69, 9.17) is 14.2 Å². The summed E-state index contributed by atoms with van der Waals surface area (Å²) in [7, 11) is 4.35. The molecule has 138 valence electrons. The van der Waals surface area contributed by atoms with E-state index in [-0.39, 0.29) is 0 Å². The number of nitrogens with one attached hydrogen (secondary N) is 1. The summed E-state index contributed by atoms with van der Waals surface area (Å²) in [5.41, 5.74) is 0.0730. The molecule has 1 amide bonds. The number of carbonyl (C=O) groups excluding carboxylic acids is 1. The van der Waals surface area contributed by atoms with Crippen LogP contribution in [0.1, 0.15) is 5.56 Å². The number of hydrogen-bond donors (Lipinski definition) is 1. The van der Waals surface area contributed by atoms with Gasteiger partial charge < -0.3 is 19.5 Å². The van der Waals surface area contributed by atoms with Gasteiger partial charge in [0.05, 0.1) is 27.0 Å². The molecule has 26 heavy (non-hydrogen) atoms. The molecular weight excluding hydrogens is 351 g/mol. The van der Waals surface area contributed by atoms with E-state index in [9.17, 15) is 18.0 Å². The topological polar surface area (TPSA) is 56.8 Å². The average Bonchev–Trinajstić information content (AvgIpc) is 2.65. The van der Waals surface area contributed by atoms with E-state index < -0.39 is 29.0 Å². The van der Waals surface area contributed by atoms with Crippen LogP contribution in [0.5, 0.6) is 17.2 Å². The molecule has 0 aliphatic rings. The number of carbonyl (C=O) groups is 1. The van der Waals surface area contributed by atoms with Gasteiger partial charge in [0.1, 0.15) is 0 Å². The lowest BCUT2D eigenvalue weighted by atomic mass is 10.1. The summed E-state index contributed by atoms with van der Waals surface area (Å²) in [4.78, 5) is 11.9. The molecule has 0 radical (unpaired) electrons. The number of amides is 1. The molecule has 2 aromatic rings. The molecule has 0 atom stereocenters. The first-order valence-corrected chi connectivity index (χ1v) is 7.33. The van der Waals surface area contributed by atoms with Gasteiger partial charge in [0, 0.05) is 6.08 Å². The summed E-state index contributed by atoms with van der Waals surface area (Å²) in [5.74, 6) is -4.04. The summed E-state index contributed by atoms with van der Waals surface area (Å²) < 4.78 is 55.2. The van der Waals surface area contributed by atoms with Gasteiger partial charge in [0.2, 0.25) is 11.7 Å². The van der Waals surface area contributed by atoms with Crippen molar-refractivity contribution in [2.24, 2.45) is 0 Å². The molecule has 0 heterocycles. The van der Waals surface area contributed by atoms with Gasteiger partial charge >= 0.3 is 0 Å². The van der Waals surface area contributed by atoms with Gasteiger partial charge in [-0.2, -0.15) is 0 Å². The van der Waals surface area contributed by atoms with Gasteiger partial charge in [0.25, 0.3) is 0 Å². The molecule has 2 aromatic carbocycles. The Morgan fingerprint density at radius 3 is 2.12 bits per heavy atom. The standard InChI is InChI=1S/C18H16F3NO4/c1-24-13-8-10(9-14(25-2)18(13)26-3)4-7-15(23)22-12-6-5-11(19)16(20)17(12)21/h4-9H,1-3H3,(H,22,23)/b7-4+. The van der Waals surface area contributed by atoms with Crippen LogP contribution in [0.3, 0.4) is 0 Å². The number of methoxy groups -OCH3 is 3. The maximum atomic E-state index is 13.6. The second kappa shape index (κ2) is 8.28. The Morgan fingerprint density at radius 1 is 0.962 bits per heavy atom. The van der Waals surface area contributed by atoms with Gasteiger partial charge in [-0.05, 0) is 35.9 Å². The van der Waals surface area contributed by atoms with Crippen LogP contribution in [0, 0.1) is 17.5 Å². The van der Waals surface area contributed by atoms with E-state index in [2.05, 4.69) is 5.32 Å². The first-order chi connectivity index (χ1) is 12.4. The third-order valence-electron chi connectivity index (χ3n) is 3.41. The zero-order chi connectivity index (χ0) is 19.3. The third-order valence-corrected chi connectivity index (χ3v) is 3.41. The van der Waals surface area contributed by atoms with Crippen molar-refractivity contribution in [1.82, 2.24) is 0 Å². The highest BCUT2D eigenvalue weighted by molar-refractivity contribution is 6.02. The van der Waals surface area contributed by atoms with Gasteiger partial charge in [-0.15, -0.1) is 0 Å². The van der Waals surface area contributed by atoms with E-state index in [0.717, 1.165) is 18.2 Å². The fraction of sp³-hybridized carbons (Fsp3) is 0.167. The SMILES string of the molecule is COc1cc(/C=C/C(=O)Nc2ccc(F)c(F)c2F)cc(OC)c1OC.